The zero-order valence-electron chi connectivity index (χ0n) is 8.91. The second-order valence-corrected chi connectivity index (χ2v) is 5.04. The lowest BCUT2D eigenvalue weighted by Gasteiger charge is -2.22. The van der Waals surface area contributed by atoms with Crippen molar-refractivity contribution in [1.29, 1.82) is 0 Å². The third kappa shape index (κ3) is 1.04. The number of carbonyl (C=O) groups excluding carboxylic acids is 1. The van der Waals surface area contributed by atoms with Crippen LogP contribution >= 0.6 is 0 Å². The Hall–Kier alpha value is -1.35. The lowest BCUT2D eigenvalue weighted by Crippen LogP contribution is -2.18. The van der Waals surface area contributed by atoms with Crippen molar-refractivity contribution in [3.8, 4) is 0 Å². The molecule has 16 heavy (non-hydrogen) atoms. The standard InChI is InChI=1S/C13H12O3/c14-11-5-13(1-2-13)4-10-9(11)3-8-6-15-7-16-12(8)10/h3-4H,1-2,5-7H2. The summed E-state index contributed by atoms with van der Waals surface area (Å²) in [6, 6.07) is 0. The maximum Gasteiger partial charge on any atom is 0.189 e. The summed E-state index contributed by atoms with van der Waals surface area (Å²) in [5, 5.41) is 0. The SMILES string of the molecule is O=C1CC2(C=C3C1=CC1=C3OCOC1)CC2. The van der Waals surface area contributed by atoms with E-state index in [9.17, 15) is 4.79 Å². The first-order valence-electron chi connectivity index (χ1n) is 5.70. The molecule has 3 nitrogen and oxygen atoms in total. The fourth-order valence-electron chi connectivity index (χ4n) is 2.77. The van der Waals surface area contributed by atoms with Gasteiger partial charge in [-0.2, -0.15) is 0 Å². The Balaban J connectivity index is 1.86. The highest BCUT2D eigenvalue weighted by atomic mass is 16.7. The quantitative estimate of drug-likeness (QED) is 0.620. The Morgan fingerprint density at radius 1 is 1.25 bits per heavy atom. The zero-order chi connectivity index (χ0) is 10.8. The van der Waals surface area contributed by atoms with Gasteiger partial charge in [0.15, 0.2) is 12.6 Å². The first-order valence-corrected chi connectivity index (χ1v) is 5.70. The van der Waals surface area contributed by atoms with Crippen molar-refractivity contribution in [2.24, 2.45) is 5.41 Å². The minimum absolute atomic E-state index is 0.174. The average molecular weight is 216 g/mol. The molecule has 0 unspecified atom stereocenters. The molecule has 3 heteroatoms. The normalized spacial score (nSPS) is 29.4. The monoisotopic (exact) mass is 216 g/mol. The number of ketones is 1. The van der Waals surface area contributed by atoms with Crippen molar-refractivity contribution < 1.29 is 14.3 Å². The summed E-state index contributed by atoms with van der Waals surface area (Å²) < 4.78 is 10.8. The van der Waals surface area contributed by atoms with E-state index in [1.165, 1.54) is 0 Å². The molecule has 0 radical (unpaired) electrons. The third-order valence-electron chi connectivity index (χ3n) is 3.84. The second-order valence-electron chi connectivity index (χ2n) is 5.04. The summed E-state index contributed by atoms with van der Waals surface area (Å²) in [5.41, 5.74) is 3.08. The van der Waals surface area contributed by atoms with E-state index >= 15 is 0 Å². The Kier molecular flexibility index (Phi) is 1.46. The molecule has 4 rings (SSSR count). The van der Waals surface area contributed by atoms with E-state index in [0.29, 0.717) is 19.8 Å². The number of rotatable bonds is 0. The molecule has 0 atom stereocenters. The number of carbonyl (C=O) groups is 1. The molecule has 0 aromatic rings. The molecular formula is C13H12O3. The van der Waals surface area contributed by atoms with Gasteiger partial charge in [-0.05, 0) is 24.3 Å². The van der Waals surface area contributed by atoms with Gasteiger partial charge in [-0.15, -0.1) is 0 Å². The topological polar surface area (TPSA) is 35.5 Å². The minimum atomic E-state index is 0.174. The van der Waals surface area contributed by atoms with Crippen LogP contribution in [0, 0.1) is 5.41 Å². The second kappa shape index (κ2) is 2.66. The van der Waals surface area contributed by atoms with Gasteiger partial charge in [0.05, 0.1) is 6.61 Å². The van der Waals surface area contributed by atoms with Gasteiger partial charge in [0, 0.05) is 23.1 Å². The molecule has 1 fully saturated rings. The number of allylic oxidation sites excluding steroid dienone is 2. The predicted molar refractivity (Wildman–Crippen MR) is 56.4 cm³/mol. The fraction of sp³-hybridized carbons (Fsp3) is 0.462. The predicted octanol–water partition coefficient (Wildman–Crippen LogP) is 1.86. The molecule has 1 saturated carbocycles. The molecule has 0 saturated heterocycles. The van der Waals surface area contributed by atoms with E-state index < -0.39 is 0 Å². The first-order chi connectivity index (χ1) is 7.77. The van der Waals surface area contributed by atoms with Crippen molar-refractivity contribution in [2.45, 2.75) is 19.3 Å². The average Bonchev–Trinajstić information content (AvgIpc) is 2.90. The van der Waals surface area contributed by atoms with Crippen LogP contribution in [0.3, 0.4) is 0 Å². The Labute approximate surface area is 93.4 Å². The van der Waals surface area contributed by atoms with Gasteiger partial charge in [0.2, 0.25) is 0 Å². The highest BCUT2D eigenvalue weighted by molar-refractivity contribution is 6.04. The maximum absolute atomic E-state index is 12.0. The lowest BCUT2D eigenvalue weighted by atomic mass is 9.84. The molecule has 0 bridgehead atoms. The molecule has 0 aromatic heterocycles. The Morgan fingerprint density at radius 3 is 2.94 bits per heavy atom. The van der Waals surface area contributed by atoms with Crippen LogP contribution in [0.1, 0.15) is 19.3 Å². The number of Topliss-reactive ketones (excluding diaryl/α,β-unsaturated/α-hetero) is 1. The van der Waals surface area contributed by atoms with Crippen LogP contribution in [0.5, 0.6) is 0 Å². The first kappa shape index (κ1) is 8.76. The van der Waals surface area contributed by atoms with Crippen LogP contribution in [0.4, 0.5) is 0 Å². The van der Waals surface area contributed by atoms with Crippen molar-refractivity contribution in [2.75, 3.05) is 13.4 Å². The summed E-state index contributed by atoms with van der Waals surface area (Å²) in [6.07, 6.45) is 7.18. The maximum atomic E-state index is 12.0. The summed E-state index contributed by atoms with van der Waals surface area (Å²) in [4.78, 5) is 12.0. The summed E-state index contributed by atoms with van der Waals surface area (Å²) in [5.74, 6) is 1.16. The number of fused-ring (bicyclic) bond motifs is 2. The Bertz CT molecular complexity index is 489. The van der Waals surface area contributed by atoms with Gasteiger partial charge in [-0.25, -0.2) is 0 Å². The number of hydrogen-bond donors (Lipinski definition) is 0. The van der Waals surface area contributed by atoms with E-state index in [0.717, 1.165) is 35.3 Å². The zero-order valence-corrected chi connectivity index (χ0v) is 8.91. The number of ether oxygens (including phenoxy) is 2. The third-order valence-corrected chi connectivity index (χ3v) is 3.84. The molecule has 4 aliphatic rings. The van der Waals surface area contributed by atoms with Crippen molar-refractivity contribution in [3.63, 3.8) is 0 Å². The van der Waals surface area contributed by atoms with Crippen LogP contribution in [-0.2, 0) is 14.3 Å². The van der Waals surface area contributed by atoms with Gasteiger partial charge >= 0.3 is 0 Å². The van der Waals surface area contributed by atoms with E-state index in [-0.39, 0.29) is 11.2 Å². The van der Waals surface area contributed by atoms with Gasteiger partial charge in [-0.3, -0.25) is 4.79 Å². The van der Waals surface area contributed by atoms with E-state index in [2.05, 4.69) is 6.08 Å². The lowest BCUT2D eigenvalue weighted by molar-refractivity contribution is -0.116. The van der Waals surface area contributed by atoms with Crippen LogP contribution in [0.25, 0.3) is 0 Å². The van der Waals surface area contributed by atoms with Crippen molar-refractivity contribution in [1.82, 2.24) is 0 Å². The van der Waals surface area contributed by atoms with Crippen LogP contribution in [0.2, 0.25) is 0 Å². The highest BCUT2D eigenvalue weighted by Gasteiger charge is 2.48. The van der Waals surface area contributed by atoms with Crippen LogP contribution in [-0.4, -0.2) is 19.2 Å². The largest absolute Gasteiger partial charge is 0.467 e. The summed E-state index contributed by atoms with van der Waals surface area (Å²) in [7, 11) is 0. The molecule has 82 valence electrons. The minimum Gasteiger partial charge on any atom is -0.467 e. The molecule has 1 aliphatic heterocycles. The van der Waals surface area contributed by atoms with Crippen molar-refractivity contribution >= 4 is 5.78 Å². The fourth-order valence-corrected chi connectivity index (χ4v) is 2.77. The van der Waals surface area contributed by atoms with Gasteiger partial charge in [0.25, 0.3) is 0 Å². The van der Waals surface area contributed by atoms with E-state index in [1.807, 2.05) is 6.08 Å². The molecular weight excluding hydrogens is 204 g/mol. The molecule has 0 N–H and O–H groups in total. The Morgan fingerprint density at radius 2 is 2.12 bits per heavy atom. The van der Waals surface area contributed by atoms with E-state index in [4.69, 9.17) is 9.47 Å². The smallest absolute Gasteiger partial charge is 0.189 e. The van der Waals surface area contributed by atoms with Crippen molar-refractivity contribution in [3.05, 3.63) is 34.6 Å². The van der Waals surface area contributed by atoms with Gasteiger partial charge in [-0.1, -0.05) is 6.08 Å². The summed E-state index contributed by atoms with van der Waals surface area (Å²) in [6.45, 7) is 0.870. The van der Waals surface area contributed by atoms with Gasteiger partial charge in [0.1, 0.15) is 5.76 Å². The van der Waals surface area contributed by atoms with Crippen LogP contribution < -0.4 is 0 Å². The van der Waals surface area contributed by atoms with Gasteiger partial charge < -0.3 is 9.47 Å². The molecule has 1 heterocycles. The number of hydrogen-bond acceptors (Lipinski definition) is 3. The molecule has 1 spiro atoms. The van der Waals surface area contributed by atoms with E-state index in [1.54, 1.807) is 0 Å². The highest BCUT2D eigenvalue weighted by Crippen LogP contribution is 2.56. The molecule has 0 amide bonds. The molecule has 3 aliphatic carbocycles. The van der Waals surface area contributed by atoms with Crippen LogP contribution in [0.15, 0.2) is 34.6 Å². The summed E-state index contributed by atoms with van der Waals surface area (Å²) >= 11 is 0. The molecule has 0 aromatic carbocycles.